The van der Waals surface area contributed by atoms with Crippen LogP contribution < -0.4 is 10.5 Å². The van der Waals surface area contributed by atoms with Gasteiger partial charge in [-0.05, 0) is 24.3 Å². The van der Waals surface area contributed by atoms with Gasteiger partial charge in [0.05, 0.1) is 16.1 Å². The molecular weight excluding hydrogens is 314 g/mol. The molecule has 1 aliphatic heterocycles. The SMILES string of the molecule is NC(=O)c1ccc2c(c1)-c1ccc3cccnc3c1NS2(=O)=O. The normalized spacial score (nSPS) is 14.6. The van der Waals surface area contributed by atoms with E-state index in [4.69, 9.17) is 5.73 Å². The zero-order valence-corrected chi connectivity index (χ0v) is 12.6. The largest absolute Gasteiger partial charge is 0.366 e. The first-order chi connectivity index (χ1) is 11.0. The number of amides is 1. The quantitative estimate of drug-likeness (QED) is 0.715. The molecular formula is C16H11N3O3S. The number of benzene rings is 2. The van der Waals surface area contributed by atoms with Gasteiger partial charge in [-0.15, -0.1) is 0 Å². The molecule has 3 N–H and O–H groups in total. The Labute approximate surface area is 132 Å². The predicted molar refractivity (Wildman–Crippen MR) is 86.5 cm³/mol. The van der Waals surface area contributed by atoms with Crippen molar-refractivity contribution in [2.24, 2.45) is 5.73 Å². The summed E-state index contributed by atoms with van der Waals surface area (Å²) in [6, 6.07) is 11.6. The molecule has 0 fully saturated rings. The highest BCUT2D eigenvalue weighted by Crippen LogP contribution is 2.42. The van der Waals surface area contributed by atoms with Crippen LogP contribution in [0.2, 0.25) is 0 Å². The Morgan fingerprint density at radius 2 is 1.91 bits per heavy atom. The number of fused-ring (bicyclic) bond motifs is 5. The molecule has 1 amide bonds. The van der Waals surface area contributed by atoms with Crippen molar-refractivity contribution in [2.45, 2.75) is 4.90 Å². The van der Waals surface area contributed by atoms with E-state index >= 15 is 0 Å². The van der Waals surface area contributed by atoms with Crippen molar-refractivity contribution >= 4 is 32.5 Å². The number of carbonyl (C=O) groups is 1. The van der Waals surface area contributed by atoms with Gasteiger partial charge in [0, 0.05) is 28.3 Å². The van der Waals surface area contributed by atoms with Gasteiger partial charge < -0.3 is 5.73 Å². The zero-order chi connectivity index (χ0) is 16.2. The van der Waals surface area contributed by atoms with Crippen molar-refractivity contribution in [3.63, 3.8) is 0 Å². The number of hydrogen-bond acceptors (Lipinski definition) is 4. The third-order valence-electron chi connectivity index (χ3n) is 3.85. The van der Waals surface area contributed by atoms with Crippen LogP contribution in [0, 0.1) is 0 Å². The molecule has 0 radical (unpaired) electrons. The molecule has 23 heavy (non-hydrogen) atoms. The summed E-state index contributed by atoms with van der Waals surface area (Å²) in [5.74, 6) is -0.607. The summed E-state index contributed by atoms with van der Waals surface area (Å²) in [5.41, 5.74) is 7.66. The monoisotopic (exact) mass is 325 g/mol. The number of nitrogens with zero attached hydrogens (tertiary/aromatic N) is 1. The highest BCUT2D eigenvalue weighted by Gasteiger charge is 2.29. The van der Waals surface area contributed by atoms with Crippen LogP contribution in [-0.4, -0.2) is 19.3 Å². The molecule has 0 spiro atoms. The Morgan fingerprint density at radius 1 is 1.09 bits per heavy atom. The number of anilines is 1. The molecule has 6 nitrogen and oxygen atoms in total. The zero-order valence-electron chi connectivity index (χ0n) is 11.8. The molecule has 1 aromatic heterocycles. The molecule has 0 saturated carbocycles. The fourth-order valence-corrected chi connectivity index (χ4v) is 4.08. The number of nitrogens with two attached hydrogens (primary N) is 1. The van der Waals surface area contributed by atoms with Crippen LogP contribution in [0.3, 0.4) is 0 Å². The number of rotatable bonds is 1. The van der Waals surface area contributed by atoms with Crippen LogP contribution in [0.1, 0.15) is 10.4 Å². The molecule has 2 aromatic carbocycles. The minimum atomic E-state index is -3.73. The first-order valence-corrected chi connectivity index (χ1v) is 8.30. The standard InChI is InChI=1S/C16H11N3O3S/c17-16(20)10-4-6-13-12(8-10)11-5-3-9-2-1-7-18-14(9)15(11)19-23(13,21)22/h1-8,19H,(H2,17,20). The van der Waals surface area contributed by atoms with Gasteiger partial charge in [-0.3, -0.25) is 14.5 Å². The summed E-state index contributed by atoms with van der Waals surface area (Å²) >= 11 is 0. The Kier molecular flexibility index (Phi) is 2.70. The van der Waals surface area contributed by atoms with Crippen LogP contribution in [0.15, 0.2) is 53.6 Å². The maximum Gasteiger partial charge on any atom is 0.262 e. The van der Waals surface area contributed by atoms with Gasteiger partial charge in [-0.1, -0.05) is 18.2 Å². The summed E-state index contributed by atoms with van der Waals surface area (Å²) in [5, 5.41) is 0.823. The Hall–Kier alpha value is -2.93. The van der Waals surface area contributed by atoms with E-state index in [-0.39, 0.29) is 10.5 Å². The first kappa shape index (κ1) is 13.7. The van der Waals surface area contributed by atoms with Gasteiger partial charge in [0.2, 0.25) is 5.91 Å². The second-order valence-corrected chi connectivity index (χ2v) is 6.89. The summed E-state index contributed by atoms with van der Waals surface area (Å²) in [4.78, 5) is 15.8. The van der Waals surface area contributed by atoms with Crippen molar-refractivity contribution in [2.75, 3.05) is 4.72 Å². The van der Waals surface area contributed by atoms with E-state index in [1.807, 2.05) is 18.2 Å². The fraction of sp³-hybridized carbons (Fsp3) is 0. The number of sulfonamides is 1. The average Bonchev–Trinajstić information content (AvgIpc) is 2.54. The lowest BCUT2D eigenvalue weighted by Crippen LogP contribution is -2.20. The van der Waals surface area contributed by atoms with Gasteiger partial charge in [0.1, 0.15) is 0 Å². The van der Waals surface area contributed by atoms with E-state index in [1.54, 1.807) is 12.3 Å². The van der Waals surface area contributed by atoms with Crippen LogP contribution in [0.5, 0.6) is 0 Å². The Balaban J connectivity index is 2.12. The molecule has 1 aliphatic rings. The number of primary amides is 1. The number of pyridine rings is 1. The van der Waals surface area contributed by atoms with E-state index in [2.05, 4.69) is 9.71 Å². The summed E-state index contributed by atoms with van der Waals surface area (Å²) in [6.07, 6.45) is 1.60. The van der Waals surface area contributed by atoms with Crippen molar-refractivity contribution in [1.82, 2.24) is 4.98 Å². The maximum atomic E-state index is 12.5. The molecule has 0 bridgehead atoms. The predicted octanol–water partition coefficient (Wildman–Crippen LogP) is 2.11. The lowest BCUT2D eigenvalue weighted by Gasteiger charge is -2.23. The molecule has 0 unspecified atom stereocenters. The second kappa shape index (κ2) is 4.53. The number of aromatic nitrogens is 1. The minimum Gasteiger partial charge on any atom is -0.366 e. The molecule has 7 heteroatoms. The van der Waals surface area contributed by atoms with Crippen molar-refractivity contribution in [3.8, 4) is 11.1 Å². The molecule has 0 atom stereocenters. The molecule has 0 aliphatic carbocycles. The van der Waals surface area contributed by atoms with E-state index < -0.39 is 15.9 Å². The molecule has 114 valence electrons. The highest BCUT2D eigenvalue weighted by atomic mass is 32.2. The molecule has 2 heterocycles. The molecule has 4 rings (SSSR count). The summed E-state index contributed by atoms with van der Waals surface area (Å²) in [7, 11) is -3.73. The lowest BCUT2D eigenvalue weighted by atomic mass is 9.99. The van der Waals surface area contributed by atoms with Gasteiger partial charge in [-0.25, -0.2) is 8.42 Å². The number of hydrogen-bond donors (Lipinski definition) is 2. The molecule has 3 aromatic rings. The van der Waals surface area contributed by atoms with E-state index in [9.17, 15) is 13.2 Å². The van der Waals surface area contributed by atoms with E-state index in [0.717, 1.165) is 5.39 Å². The van der Waals surface area contributed by atoms with Crippen LogP contribution in [-0.2, 0) is 10.0 Å². The van der Waals surface area contributed by atoms with Gasteiger partial charge in [0.15, 0.2) is 0 Å². The number of carbonyl (C=O) groups excluding carboxylic acids is 1. The Bertz CT molecular complexity index is 1090. The fourth-order valence-electron chi connectivity index (χ4n) is 2.79. The third kappa shape index (κ3) is 1.97. The van der Waals surface area contributed by atoms with Crippen molar-refractivity contribution in [1.29, 1.82) is 0 Å². The van der Waals surface area contributed by atoms with Crippen molar-refractivity contribution < 1.29 is 13.2 Å². The smallest absolute Gasteiger partial charge is 0.262 e. The first-order valence-electron chi connectivity index (χ1n) is 6.82. The van der Waals surface area contributed by atoms with E-state index in [0.29, 0.717) is 22.3 Å². The van der Waals surface area contributed by atoms with Gasteiger partial charge in [0.25, 0.3) is 10.0 Å². The van der Waals surface area contributed by atoms with Crippen LogP contribution in [0.25, 0.3) is 22.0 Å². The molecule has 0 saturated heterocycles. The summed E-state index contributed by atoms with van der Waals surface area (Å²) < 4.78 is 27.6. The minimum absolute atomic E-state index is 0.116. The third-order valence-corrected chi connectivity index (χ3v) is 5.26. The average molecular weight is 325 g/mol. The van der Waals surface area contributed by atoms with Crippen molar-refractivity contribution in [3.05, 3.63) is 54.2 Å². The lowest BCUT2D eigenvalue weighted by molar-refractivity contribution is 0.1000. The summed E-state index contributed by atoms with van der Waals surface area (Å²) in [6.45, 7) is 0. The number of nitrogens with one attached hydrogen (secondary N) is 1. The topological polar surface area (TPSA) is 102 Å². The second-order valence-electron chi connectivity index (χ2n) is 5.24. The highest BCUT2D eigenvalue weighted by molar-refractivity contribution is 7.93. The van der Waals surface area contributed by atoms with Crippen LogP contribution in [0.4, 0.5) is 5.69 Å². The van der Waals surface area contributed by atoms with Crippen LogP contribution >= 0.6 is 0 Å². The van der Waals surface area contributed by atoms with Gasteiger partial charge in [-0.2, -0.15) is 0 Å². The Morgan fingerprint density at radius 3 is 2.70 bits per heavy atom. The van der Waals surface area contributed by atoms with E-state index in [1.165, 1.54) is 18.2 Å². The van der Waals surface area contributed by atoms with Gasteiger partial charge >= 0.3 is 0 Å². The maximum absolute atomic E-state index is 12.5.